The first kappa shape index (κ1) is 30.4. The maximum Gasteiger partial charge on any atom is 0.416 e. The molecule has 17 heteroatoms. The lowest BCUT2D eigenvalue weighted by molar-refractivity contribution is -0.394. The number of amides is 4. The molecule has 13 nitrogen and oxygen atoms in total. The number of non-ortho nitro benzene ring substituents is 1. The van der Waals surface area contributed by atoms with Gasteiger partial charge in [-0.3, -0.25) is 35.1 Å². The highest BCUT2D eigenvalue weighted by molar-refractivity contribution is 6.42. The van der Waals surface area contributed by atoms with Crippen molar-refractivity contribution in [3.63, 3.8) is 0 Å². The molecule has 4 amide bonds. The fourth-order valence-electron chi connectivity index (χ4n) is 3.84. The van der Waals surface area contributed by atoms with Crippen molar-refractivity contribution in [1.29, 1.82) is 0 Å². The summed E-state index contributed by atoms with van der Waals surface area (Å²) in [5.41, 5.74) is -3.57. The first-order valence-electron chi connectivity index (χ1n) is 11.9. The van der Waals surface area contributed by atoms with Gasteiger partial charge in [0.2, 0.25) is 5.75 Å². The number of halogens is 4. The predicted octanol–water partition coefficient (Wildman–Crippen LogP) is 6.03. The number of hydrogen-bond donors (Lipinski definition) is 1. The first-order valence-corrected chi connectivity index (χ1v) is 12.2. The number of nitrogens with one attached hydrogen (secondary N) is 1. The van der Waals surface area contributed by atoms with E-state index in [-0.39, 0.29) is 34.4 Å². The lowest BCUT2D eigenvalue weighted by Gasteiger charge is -2.27. The Balaban J connectivity index is 1.72. The third kappa shape index (κ3) is 6.38. The van der Waals surface area contributed by atoms with E-state index in [2.05, 4.69) is 0 Å². The fourth-order valence-corrected chi connectivity index (χ4v) is 4.04. The predicted molar refractivity (Wildman–Crippen MR) is 143 cm³/mol. The SMILES string of the molecule is CCOc1cc(/C=C2\C(=O)NC(=O)N(c3cc(C(F)(F)F)ccc3Cl)C2=O)ccc1Oc1ccc([N+](=O)[O-])cc1[N+](=O)[O-]. The van der Waals surface area contributed by atoms with E-state index in [1.54, 1.807) is 6.92 Å². The second-order valence-electron chi connectivity index (χ2n) is 8.53. The maximum atomic E-state index is 13.3. The molecule has 1 heterocycles. The molecule has 1 N–H and O–H groups in total. The quantitative estimate of drug-likeness (QED) is 0.136. The van der Waals surface area contributed by atoms with Crippen LogP contribution in [-0.2, 0) is 15.8 Å². The summed E-state index contributed by atoms with van der Waals surface area (Å²) in [6.07, 6.45) is -3.79. The van der Waals surface area contributed by atoms with Crippen LogP contribution in [0.3, 0.4) is 0 Å². The monoisotopic (exact) mass is 620 g/mol. The largest absolute Gasteiger partial charge is 0.490 e. The van der Waals surface area contributed by atoms with Crippen LogP contribution in [0.5, 0.6) is 17.2 Å². The number of alkyl halides is 3. The summed E-state index contributed by atoms with van der Waals surface area (Å²) in [7, 11) is 0. The van der Waals surface area contributed by atoms with Gasteiger partial charge in [0.05, 0.1) is 38.8 Å². The van der Waals surface area contributed by atoms with Gasteiger partial charge in [-0.15, -0.1) is 0 Å². The molecule has 3 aromatic rings. The number of anilines is 1. The molecule has 0 unspecified atom stereocenters. The number of carbonyl (C=O) groups excluding carboxylic acids is 3. The van der Waals surface area contributed by atoms with Gasteiger partial charge in [0.1, 0.15) is 5.57 Å². The van der Waals surface area contributed by atoms with Crippen LogP contribution in [0.15, 0.2) is 60.2 Å². The van der Waals surface area contributed by atoms with Gasteiger partial charge in [-0.05, 0) is 55.0 Å². The number of hydrogen-bond acceptors (Lipinski definition) is 9. The summed E-state index contributed by atoms with van der Waals surface area (Å²) in [4.78, 5) is 59.4. The molecule has 3 aromatic carbocycles. The smallest absolute Gasteiger partial charge is 0.416 e. The highest BCUT2D eigenvalue weighted by Gasteiger charge is 2.39. The average Bonchev–Trinajstić information content (AvgIpc) is 2.92. The first-order chi connectivity index (χ1) is 20.2. The highest BCUT2D eigenvalue weighted by Crippen LogP contribution is 2.40. The molecule has 0 spiro atoms. The van der Waals surface area contributed by atoms with Gasteiger partial charge >= 0.3 is 17.9 Å². The van der Waals surface area contributed by atoms with E-state index in [1.165, 1.54) is 18.2 Å². The van der Waals surface area contributed by atoms with Gasteiger partial charge < -0.3 is 9.47 Å². The molecular weight excluding hydrogens is 605 g/mol. The number of barbiturate groups is 1. The van der Waals surface area contributed by atoms with E-state index < -0.39 is 62.1 Å². The lowest BCUT2D eigenvalue weighted by atomic mass is 10.1. The minimum absolute atomic E-state index is 0.0259. The number of nitrogens with zero attached hydrogens (tertiary/aromatic N) is 3. The molecule has 1 fully saturated rings. The van der Waals surface area contributed by atoms with Gasteiger partial charge in [0.25, 0.3) is 17.5 Å². The minimum atomic E-state index is -4.82. The van der Waals surface area contributed by atoms with E-state index in [9.17, 15) is 47.8 Å². The van der Waals surface area contributed by atoms with E-state index in [1.807, 2.05) is 5.32 Å². The van der Waals surface area contributed by atoms with Crippen LogP contribution >= 0.6 is 11.6 Å². The van der Waals surface area contributed by atoms with Crippen LogP contribution in [-0.4, -0.2) is 34.3 Å². The molecule has 1 saturated heterocycles. The molecule has 1 aliphatic rings. The van der Waals surface area contributed by atoms with Crippen LogP contribution in [0.2, 0.25) is 5.02 Å². The Hall–Kier alpha value is -5.51. The molecule has 0 aliphatic carbocycles. The van der Waals surface area contributed by atoms with E-state index >= 15 is 0 Å². The van der Waals surface area contributed by atoms with Crippen molar-refractivity contribution in [2.75, 3.05) is 11.5 Å². The van der Waals surface area contributed by atoms with Crippen molar-refractivity contribution in [3.05, 3.63) is 96.5 Å². The number of nitro groups is 2. The Labute approximate surface area is 243 Å². The normalized spacial score (nSPS) is 14.5. The van der Waals surface area contributed by atoms with Crippen LogP contribution in [0.4, 0.5) is 35.0 Å². The number of imide groups is 2. The summed E-state index contributed by atoms with van der Waals surface area (Å²) in [6, 6.07) is 7.26. The third-order valence-corrected chi connectivity index (χ3v) is 6.08. The number of benzene rings is 3. The number of urea groups is 1. The topological polar surface area (TPSA) is 171 Å². The molecule has 0 aromatic heterocycles. The summed E-state index contributed by atoms with van der Waals surface area (Å²) in [5, 5.41) is 24.0. The zero-order valence-electron chi connectivity index (χ0n) is 21.5. The van der Waals surface area contributed by atoms with Crippen molar-refractivity contribution in [3.8, 4) is 17.2 Å². The molecule has 1 aliphatic heterocycles. The lowest BCUT2D eigenvalue weighted by Crippen LogP contribution is -2.54. The summed E-state index contributed by atoms with van der Waals surface area (Å²) in [5.74, 6) is -2.87. The van der Waals surface area contributed by atoms with Crippen molar-refractivity contribution < 1.29 is 46.9 Å². The van der Waals surface area contributed by atoms with Gasteiger partial charge in [-0.25, -0.2) is 9.69 Å². The van der Waals surface area contributed by atoms with Gasteiger partial charge in [0.15, 0.2) is 11.5 Å². The molecule has 0 saturated carbocycles. The second kappa shape index (κ2) is 11.8. The Morgan fingerprint density at radius 3 is 2.28 bits per heavy atom. The van der Waals surface area contributed by atoms with E-state index in [0.29, 0.717) is 23.1 Å². The Kier molecular flexibility index (Phi) is 8.33. The number of ether oxygens (including phenoxy) is 2. The van der Waals surface area contributed by atoms with Crippen molar-refractivity contribution in [2.24, 2.45) is 0 Å². The molecule has 0 atom stereocenters. The third-order valence-electron chi connectivity index (χ3n) is 5.76. The zero-order valence-corrected chi connectivity index (χ0v) is 22.3. The van der Waals surface area contributed by atoms with Gasteiger partial charge in [0, 0.05) is 6.07 Å². The van der Waals surface area contributed by atoms with E-state index in [0.717, 1.165) is 24.3 Å². The average molecular weight is 621 g/mol. The van der Waals surface area contributed by atoms with Crippen molar-refractivity contribution >= 4 is 52.6 Å². The second-order valence-corrected chi connectivity index (χ2v) is 8.94. The van der Waals surface area contributed by atoms with Crippen molar-refractivity contribution in [2.45, 2.75) is 13.1 Å². The molecule has 43 heavy (non-hydrogen) atoms. The number of rotatable bonds is 8. The molecule has 4 rings (SSSR count). The zero-order chi connectivity index (χ0) is 31.6. The van der Waals surface area contributed by atoms with Crippen LogP contribution in [0.1, 0.15) is 18.1 Å². The fraction of sp³-hybridized carbons (Fsp3) is 0.115. The van der Waals surface area contributed by atoms with Crippen LogP contribution in [0, 0.1) is 20.2 Å². The molecular formula is C26H16ClF3N4O9. The highest BCUT2D eigenvalue weighted by atomic mass is 35.5. The summed E-state index contributed by atoms with van der Waals surface area (Å²) >= 11 is 6.00. The Morgan fingerprint density at radius 2 is 1.65 bits per heavy atom. The van der Waals surface area contributed by atoms with E-state index in [4.69, 9.17) is 21.1 Å². The van der Waals surface area contributed by atoms with Gasteiger partial charge in [-0.2, -0.15) is 13.2 Å². The van der Waals surface area contributed by atoms with Crippen LogP contribution < -0.4 is 19.7 Å². The number of carbonyl (C=O) groups is 3. The van der Waals surface area contributed by atoms with Crippen LogP contribution in [0.25, 0.3) is 6.08 Å². The van der Waals surface area contributed by atoms with Crippen molar-refractivity contribution in [1.82, 2.24) is 5.32 Å². The molecule has 222 valence electrons. The molecule has 0 radical (unpaired) electrons. The minimum Gasteiger partial charge on any atom is -0.490 e. The van der Waals surface area contributed by atoms with Gasteiger partial charge in [-0.1, -0.05) is 17.7 Å². The summed E-state index contributed by atoms with van der Waals surface area (Å²) < 4.78 is 50.9. The number of nitro benzene ring substituents is 2. The Morgan fingerprint density at radius 1 is 0.953 bits per heavy atom. The Bertz CT molecular complexity index is 1730. The maximum absolute atomic E-state index is 13.3. The molecule has 0 bridgehead atoms. The standard InChI is InChI=1S/C26H16ClF3N4O9/c1-2-42-22-10-13(3-7-21(22)43-20-8-5-15(33(38)39)12-19(20)34(40)41)9-16-23(35)31-25(37)32(24(16)36)18-11-14(26(28,29)30)4-6-17(18)27/h3-12H,2H2,1H3,(H,31,35,37)/b16-9+. The summed E-state index contributed by atoms with van der Waals surface area (Å²) in [6.45, 7) is 1.66.